The maximum absolute atomic E-state index is 14.3. The molecule has 0 amide bonds. The van der Waals surface area contributed by atoms with Crippen LogP contribution in [0.15, 0.2) is 12.2 Å². The Hall–Kier alpha value is -1.63. The molecule has 2 spiro atoms. The van der Waals surface area contributed by atoms with Crippen LogP contribution in [0.25, 0.3) is 0 Å². The first kappa shape index (κ1) is 50.3. The molecule has 4 heterocycles. The number of ether oxygens (including phenoxy) is 8. The molecule has 0 radical (unpaired) electrons. The third kappa shape index (κ3) is 7.87. The molecule has 0 aromatic heterocycles. The Bertz CT molecular complexity index is 1810. The van der Waals surface area contributed by atoms with Gasteiger partial charge in [0.15, 0.2) is 18.9 Å². The van der Waals surface area contributed by atoms with Gasteiger partial charge in [0.05, 0.1) is 37.4 Å². The van der Waals surface area contributed by atoms with E-state index >= 15 is 0 Å². The third-order valence-corrected chi connectivity index (χ3v) is 17.5. The number of fused-ring (bicyclic) bond motifs is 1. The molecule has 27 atom stereocenters. The van der Waals surface area contributed by atoms with Crippen LogP contribution in [0, 0.1) is 34.0 Å². The molecule has 2 bridgehead atoms. The van der Waals surface area contributed by atoms with Crippen molar-refractivity contribution in [2.45, 2.75) is 193 Å². The third-order valence-electron chi connectivity index (χ3n) is 17.5. The predicted octanol–water partition coefficient (Wildman–Crippen LogP) is -5.50. The standard InChI is InChI=1S/C44H68O23/c1-16-8-42-7-4-22-41(2,40(59)66-38-32(58)29(55)25(51)20(13-47)62-38)5-3-6-43(22)9-17(35(42)43)10-44(16,15-42)67-39-34(65-37-31(57)28(54)24(50)19(12-46)61-37)33(26(52)21(14-48)63-39)64-36-30(56)27(53)23(49)18(11-45)60-36/h17-39,45-58H,1,3-15H2,2H3/t17?,18?,19?,20?,21?,22-,23?,24?,25?,26?,27?,28?,29?,30?,31?,32?,33?,34?,35-,36?,37?,38?,39?,41-,42-,43+,44+/m1/s1. The molecule has 14 N–H and O–H groups in total. The zero-order valence-corrected chi connectivity index (χ0v) is 37.1. The van der Waals surface area contributed by atoms with Crippen molar-refractivity contribution in [1.82, 2.24) is 0 Å². The van der Waals surface area contributed by atoms with Crippen molar-refractivity contribution in [3.63, 3.8) is 0 Å². The Morgan fingerprint density at radius 1 is 0.612 bits per heavy atom. The summed E-state index contributed by atoms with van der Waals surface area (Å²) in [6.07, 6.45) is -28.5. The van der Waals surface area contributed by atoms with Crippen molar-refractivity contribution in [2.75, 3.05) is 26.4 Å². The summed E-state index contributed by atoms with van der Waals surface area (Å²) >= 11 is 0. The van der Waals surface area contributed by atoms with E-state index in [0.717, 1.165) is 12.0 Å². The number of aliphatic hydroxyl groups excluding tert-OH is 14. The number of esters is 1. The molecular formula is C44H68O23. The van der Waals surface area contributed by atoms with E-state index in [1.165, 1.54) is 0 Å². The average molecular weight is 965 g/mol. The van der Waals surface area contributed by atoms with E-state index in [1.54, 1.807) is 0 Å². The van der Waals surface area contributed by atoms with E-state index in [-0.39, 0.29) is 28.6 Å². The van der Waals surface area contributed by atoms with Crippen molar-refractivity contribution in [3.8, 4) is 0 Å². The van der Waals surface area contributed by atoms with Gasteiger partial charge in [0.2, 0.25) is 6.29 Å². The van der Waals surface area contributed by atoms with Crippen molar-refractivity contribution >= 4 is 5.97 Å². The van der Waals surface area contributed by atoms with Crippen LogP contribution in [0.4, 0.5) is 0 Å². The molecule has 4 aliphatic heterocycles. The number of carbonyl (C=O) groups excluding carboxylic acids is 1. The van der Waals surface area contributed by atoms with Crippen molar-refractivity contribution in [3.05, 3.63) is 12.2 Å². The van der Waals surface area contributed by atoms with E-state index in [4.69, 9.17) is 37.9 Å². The fourth-order valence-corrected chi connectivity index (χ4v) is 14.4. The molecule has 0 aromatic rings. The lowest BCUT2D eigenvalue weighted by Crippen LogP contribution is -2.70. The minimum Gasteiger partial charge on any atom is -0.432 e. The fourth-order valence-electron chi connectivity index (χ4n) is 14.4. The molecule has 5 aliphatic carbocycles. The van der Waals surface area contributed by atoms with E-state index in [2.05, 4.69) is 6.58 Å². The van der Waals surface area contributed by atoms with Crippen LogP contribution in [0.1, 0.15) is 64.7 Å². The number of hydrogen-bond donors (Lipinski definition) is 14. The molecule has 23 heteroatoms. The van der Waals surface area contributed by atoms with Crippen LogP contribution in [-0.4, -0.2) is 232 Å². The molecule has 382 valence electrons. The number of hydrogen-bond acceptors (Lipinski definition) is 23. The van der Waals surface area contributed by atoms with E-state index in [1.807, 2.05) is 6.92 Å². The second kappa shape index (κ2) is 18.4. The summed E-state index contributed by atoms with van der Waals surface area (Å²) < 4.78 is 48.4. The van der Waals surface area contributed by atoms with Gasteiger partial charge >= 0.3 is 5.97 Å². The normalized spacial score (nSPS) is 56.1. The molecule has 67 heavy (non-hydrogen) atoms. The lowest BCUT2D eigenvalue weighted by molar-refractivity contribution is -0.401. The number of rotatable bonds is 12. The highest BCUT2D eigenvalue weighted by atomic mass is 16.8. The second-order valence-electron chi connectivity index (χ2n) is 21.1. The van der Waals surface area contributed by atoms with Gasteiger partial charge in [0.1, 0.15) is 97.7 Å². The van der Waals surface area contributed by atoms with Crippen LogP contribution >= 0.6 is 0 Å². The molecule has 9 rings (SSSR count). The van der Waals surface area contributed by atoms with Crippen LogP contribution in [0.2, 0.25) is 0 Å². The Morgan fingerprint density at radius 2 is 1.10 bits per heavy atom. The first-order valence-electron chi connectivity index (χ1n) is 23.5. The maximum atomic E-state index is 14.3. The minimum atomic E-state index is -1.95. The summed E-state index contributed by atoms with van der Waals surface area (Å²) in [5, 5.41) is 148. The van der Waals surface area contributed by atoms with Gasteiger partial charge in [-0.15, -0.1) is 0 Å². The predicted molar refractivity (Wildman–Crippen MR) is 217 cm³/mol. The first-order valence-corrected chi connectivity index (χ1v) is 23.5. The quantitative estimate of drug-likeness (QED) is 0.0493. The van der Waals surface area contributed by atoms with Gasteiger partial charge < -0.3 is 109 Å². The molecule has 0 aromatic carbocycles. The van der Waals surface area contributed by atoms with E-state index < -0.39 is 166 Å². The zero-order valence-electron chi connectivity index (χ0n) is 37.1. The largest absolute Gasteiger partial charge is 0.432 e. The summed E-state index contributed by atoms with van der Waals surface area (Å²) in [5.41, 5.74) is -2.05. The van der Waals surface area contributed by atoms with Gasteiger partial charge in [-0.3, -0.25) is 4.79 Å². The number of carbonyl (C=O) groups is 1. The molecule has 9 aliphatic rings. The van der Waals surface area contributed by atoms with Crippen molar-refractivity contribution in [1.29, 1.82) is 0 Å². The van der Waals surface area contributed by atoms with Gasteiger partial charge in [0.25, 0.3) is 0 Å². The molecule has 21 unspecified atom stereocenters. The average Bonchev–Trinajstić information content (AvgIpc) is 3.51. The topological polar surface area (TPSA) is 374 Å². The lowest BCUT2D eigenvalue weighted by atomic mass is 9.30. The molecule has 23 nitrogen and oxygen atoms in total. The van der Waals surface area contributed by atoms with Gasteiger partial charge in [-0.05, 0) is 92.4 Å². The van der Waals surface area contributed by atoms with Crippen LogP contribution in [0.5, 0.6) is 0 Å². The summed E-state index contributed by atoms with van der Waals surface area (Å²) in [6.45, 7) is 3.31. The molecule has 5 saturated carbocycles. The fraction of sp³-hybridized carbons (Fsp3) is 0.932. The van der Waals surface area contributed by atoms with E-state index in [0.29, 0.717) is 51.4 Å². The highest BCUT2D eigenvalue weighted by Gasteiger charge is 2.77. The Morgan fingerprint density at radius 3 is 1.66 bits per heavy atom. The summed E-state index contributed by atoms with van der Waals surface area (Å²) in [4.78, 5) is 14.3. The zero-order chi connectivity index (χ0) is 48.3. The SMILES string of the molecule is C=C1C[C@]23CC[C@H]4[C@]5(CCC[C@@]4(C)C(=O)OC4OC(CO)C(O)C(O)C4O)CC(C[C@]1(OC1OC(CO)C(O)C(OC4OC(CO)C(O)C(O)C4O)C1OC1OC(CO)C(O)C(O)C1O)C2)[C@H]35. The van der Waals surface area contributed by atoms with E-state index in [9.17, 15) is 76.3 Å². The summed E-state index contributed by atoms with van der Waals surface area (Å²) in [6, 6.07) is 0. The maximum Gasteiger partial charge on any atom is 0.314 e. The number of aliphatic hydroxyl groups is 14. The summed E-state index contributed by atoms with van der Waals surface area (Å²) in [7, 11) is 0. The lowest BCUT2D eigenvalue weighted by Gasteiger charge is -2.74. The minimum absolute atomic E-state index is 0.0495. The molecule has 9 fully saturated rings. The van der Waals surface area contributed by atoms with Gasteiger partial charge in [-0.25, -0.2) is 0 Å². The smallest absolute Gasteiger partial charge is 0.314 e. The van der Waals surface area contributed by atoms with Gasteiger partial charge in [-0.2, -0.15) is 0 Å². The van der Waals surface area contributed by atoms with Crippen molar-refractivity contribution in [2.24, 2.45) is 34.0 Å². The Balaban J connectivity index is 0.991. The molecular weight excluding hydrogens is 896 g/mol. The summed E-state index contributed by atoms with van der Waals surface area (Å²) in [5.74, 6) is -0.568. The Labute approximate surface area is 385 Å². The van der Waals surface area contributed by atoms with Crippen LogP contribution in [0.3, 0.4) is 0 Å². The highest BCUT2D eigenvalue weighted by Crippen LogP contribution is 2.82. The van der Waals surface area contributed by atoms with Gasteiger partial charge in [0, 0.05) is 0 Å². The van der Waals surface area contributed by atoms with Crippen molar-refractivity contribution < 1.29 is 114 Å². The monoisotopic (exact) mass is 964 g/mol. The van der Waals surface area contributed by atoms with Gasteiger partial charge in [-0.1, -0.05) is 13.0 Å². The first-order chi connectivity index (χ1) is 31.7. The second-order valence-corrected chi connectivity index (χ2v) is 21.1. The molecule has 4 saturated heterocycles. The Kier molecular flexibility index (Phi) is 13.9. The van der Waals surface area contributed by atoms with Crippen LogP contribution < -0.4 is 0 Å². The highest BCUT2D eigenvalue weighted by molar-refractivity contribution is 5.77. The van der Waals surface area contributed by atoms with Crippen LogP contribution in [-0.2, 0) is 42.7 Å².